The summed E-state index contributed by atoms with van der Waals surface area (Å²) in [5.41, 5.74) is 3.48. The van der Waals surface area contributed by atoms with Crippen molar-refractivity contribution in [2.75, 3.05) is 19.0 Å². The maximum atomic E-state index is 12.6. The number of nitrogens with zero attached hydrogens (tertiary/aromatic N) is 2. The van der Waals surface area contributed by atoms with Crippen LogP contribution in [0.25, 0.3) is 11.1 Å². The first kappa shape index (κ1) is 15.8. The molecule has 0 radical (unpaired) electrons. The second-order valence-corrected chi connectivity index (χ2v) is 5.85. The fourth-order valence-corrected chi connectivity index (χ4v) is 2.82. The lowest BCUT2D eigenvalue weighted by Gasteiger charge is -2.11. The van der Waals surface area contributed by atoms with E-state index in [2.05, 4.69) is 26.2 Å². The molecular weight excluding hydrogens is 362 g/mol. The quantitative estimate of drug-likeness (QED) is 0.737. The summed E-state index contributed by atoms with van der Waals surface area (Å²) in [7, 11) is 1.63. The number of rotatable bonds is 5. The van der Waals surface area contributed by atoms with Gasteiger partial charge in [-0.25, -0.2) is 0 Å². The zero-order valence-electron chi connectivity index (χ0n) is 12.8. The number of nitrogens with one attached hydrogen (secondary N) is 1. The van der Waals surface area contributed by atoms with Crippen LogP contribution in [0, 0.1) is 6.92 Å². The number of methoxy groups -OCH3 is 1. The summed E-state index contributed by atoms with van der Waals surface area (Å²) >= 11 is 3.31. The number of carbonyl (C=O) groups is 1. The maximum absolute atomic E-state index is 12.6. The van der Waals surface area contributed by atoms with Crippen LogP contribution in [0.2, 0.25) is 0 Å². The van der Waals surface area contributed by atoms with Crippen molar-refractivity contribution >= 4 is 38.6 Å². The van der Waals surface area contributed by atoms with Gasteiger partial charge in [-0.3, -0.25) is 9.78 Å². The predicted octanol–water partition coefficient (Wildman–Crippen LogP) is 3.60. The van der Waals surface area contributed by atoms with Gasteiger partial charge in [0.25, 0.3) is 5.91 Å². The van der Waals surface area contributed by atoms with Gasteiger partial charge >= 0.3 is 0 Å². The Morgan fingerprint density at radius 3 is 3.04 bits per heavy atom. The number of aromatic nitrogens is 2. The molecule has 3 aromatic rings. The van der Waals surface area contributed by atoms with Crippen molar-refractivity contribution in [3.05, 3.63) is 46.5 Å². The number of aryl methyl sites for hydroxylation is 1. The number of ether oxygens (including phenoxy) is 1. The number of fused-ring (bicyclic) bond motifs is 1. The third-order valence-corrected chi connectivity index (χ3v) is 3.96. The molecule has 0 aromatic carbocycles. The molecule has 0 spiro atoms. The number of halogens is 1. The first-order valence-corrected chi connectivity index (χ1v) is 7.90. The number of hydrogen-bond acceptors (Lipinski definition) is 4. The van der Waals surface area contributed by atoms with Gasteiger partial charge in [0.2, 0.25) is 0 Å². The van der Waals surface area contributed by atoms with Crippen molar-refractivity contribution in [1.82, 2.24) is 9.55 Å². The van der Waals surface area contributed by atoms with Gasteiger partial charge < -0.3 is 19.0 Å². The summed E-state index contributed by atoms with van der Waals surface area (Å²) in [6, 6.07) is 7.19. The smallest absolute Gasteiger partial charge is 0.272 e. The molecule has 0 aliphatic carbocycles. The van der Waals surface area contributed by atoms with Crippen LogP contribution in [-0.2, 0) is 11.3 Å². The van der Waals surface area contributed by atoms with Crippen molar-refractivity contribution in [3.8, 4) is 0 Å². The molecule has 3 aromatic heterocycles. The predicted molar refractivity (Wildman–Crippen MR) is 90.7 cm³/mol. The fraction of sp³-hybridized carbons (Fsp3) is 0.250. The molecular formula is C16H16BrN3O3. The Labute approximate surface area is 141 Å². The number of pyridine rings is 1. The molecule has 6 nitrogen and oxygen atoms in total. The molecule has 0 aliphatic heterocycles. The Kier molecular flexibility index (Phi) is 4.49. The van der Waals surface area contributed by atoms with Crippen LogP contribution < -0.4 is 5.32 Å². The van der Waals surface area contributed by atoms with Gasteiger partial charge in [0.05, 0.1) is 23.5 Å². The summed E-state index contributed by atoms with van der Waals surface area (Å²) < 4.78 is 13.2. The number of hydrogen-bond donors (Lipinski definition) is 1. The number of anilines is 1. The largest absolute Gasteiger partial charge is 0.448 e. The van der Waals surface area contributed by atoms with E-state index in [0.717, 1.165) is 11.2 Å². The SMILES string of the molecule is COCCn1c(C(=O)Nc2cccnc2C)cc2oc(Br)cc21. The van der Waals surface area contributed by atoms with E-state index in [1.165, 1.54) is 0 Å². The average molecular weight is 378 g/mol. The third-order valence-electron chi connectivity index (χ3n) is 3.57. The number of carbonyl (C=O) groups excluding carboxylic acids is 1. The molecule has 0 atom stereocenters. The van der Waals surface area contributed by atoms with E-state index in [1.807, 2.05) is 23.6 Å². The molecule has 1 N–H and O–H groups in total. The highest BCUT2D eigenvalue weighted by atomic mass is 79.9. The van der Waals surface area contributed by atoms with Crippen LogP contribution in [0.1, 0.15) is 16.2 Å². The minimum atomic E-state index is -0.209. The summed E-state index contributed by atoms with van der Waals surface area (Å²) in [4.78, 5) is 16.8. The van der Waals surface area contributed by atoms with Crippen molar-refractivity contribution in [3.63, 3.8) is 0 Å². The van der Waals surface area contributed by atoms with Gasteiger partial charge in [0, 0.05) is 32.0 Å². The monoisotopic (exact) mass is 377 g/mol. The molecule has 1 amide bonds. The average Bonchev–Trinajstić information content (AvgIpc) is 3.04. The zero-order chi connectivity index (χ0) is 16.4. The Morgan fingerprint density at radius 2 is 2.30 bits per heavy atom. The highest BCUT2D eigenvalue weighted by Crippen LogP contribution is 2.27. The summed E-state index contributed by atoms with van der Waals surface area (Å²) in [6.07, 6.45) is 1.69. The highest BCUT2D eigenvalue weighted by Gasteiger charge is 2.19. The lowest BCUT2D eigenvalue weighted by atomic mass is 10.3. The van der Waals surface area contributed by atoms with Crippen molar-refractivity contribution in [1.29, 1.82) is 0 Å². The van der Waals surface area contributed by atoms with E-state index in [0.29, 0.717) is 34.8 Å². The van der Waals surface area contributed by atoms with Crippen molar-refractivity contribution < 1.29 is 13.9 Å². The minimum Gasteiger partial charge on any atom is -0.448 e. The standard InChI is InChI=1S/C16H16BrN3O3/c1-10-11(4-3-5-18-10)19-16(21)13-8-14-12(9-15(17)23-14)20(13)6-7-22-2/h3-5,8-9H,6-7H2,1-2H3,(H,19,21). The van der Waals surface area contributed by atoms with Crippen LogP contribution in [0.15, 0.2) is 39.5 Å². The molecule has 3 heterocycles. The molecule has 23 heavy (non-hydrogen) atoms. The second-order valence-electron chi connectivity index (χ2n) is 5.06. The van der Waals surface area contributed by atoms with Crippen LogP contribution in [0.3, 0.4) is 0 Å². The molecule has 0 fully saturated rings. The van der Waals surface area contributed by atoms with Crippen LogP contribution in [0.5, 0.6) is 0 Å². The Morgan fingerprint density at radius 1 is 1.48 bits per heavy atom. The normalized spacial score (nSPS) is 11.1. The van der Waals surface area contributed by atoms with E-state index in [-0.39, 0.29) is 5.91 Å². The lowest BCUT2D eigenvalue weighted by Crippen LogP contribution is -2.19. The highest BCUT2D eigenvalue weighted by molar-refractivity contribution is 9.10. The molecule has 0 bridgehead atoms. The summed E-state index contributed by atoms with van der Waals surface area (Å²) in [6.45, 7) is 2.90. The van der Waals surface area contributed by atoms with E-state index < -0.39 is 0 Å². The summed E-state index contributed by atoms with van der Waals surface area (Å²) in [5.74, 6) is -0.209. The Balaban J connectivity index is 1.96. The van der Waals surface area contributed by atoms with Crippen LogP contribution in [-0.4, -0.2) is 29.2 Å². The van der Waals surface area contributed by atoms with Gasteiger partial charge in [-0.2, -0.15) is 0 Å². The number of amides is 1. The first-order valence-electron chi connectivity index (χ1n) is 7.10. The van der Waals surface area contributed by atoms with E-state index in [1.54, 1.807) is 25.4 Å². The van der Waals surface area contributed by atoms with Gasteiger partial charge in [-0.15, -0.1) is 0 Å². The maximum Gasteiger partial charge on any atom is 0.272 e. The molecule has 7 heteroatoms. The molecule has 0 unspecified atom stereocenters. The Bertz CT molecular complexity index is 853. The topological polar surface area (TPSA) is 69.3 Å². The van der Waals surface area contributed by atoms with Crippen LogP contribution >= 0.6 is 15.9 Å². The molecule has 0 saturated heterocycles. The van der Waals surface area contributed by atoms with Crippen molar-refractivity contribution in [2.24, 2.45) is 0 Å². The fourth-order valence-electron chi connectivity index (χ4n) is 2.43. The Hall–Kier alpha value is -2.12. The van der Waals surface area contributed by atoms with Gasteiger partial charge in [0.1, 0.15) is 5.69 Å². The van der Waals surface area contributed by atoms with Crippen LogP contribution in [0.4, 0.5) is 5.69 Å². The van der Waals surface area contributed by atoms with E-state index in [4.69, 9.17) is 9.15 Å². The van der Waals surface area contributed by atoms with Gasteiger partial charge in [0.15, 0.2) is 10.3 Å². The zero-order valence-corrected chi connectivity index (χ0v) is 14.4. The molecule has 0 saturated carbocycles. The number of furan rings is 1. The lowest BCUT2D eigenvalue weighted by molar-refractivity contribution is 0.101. The molecule has 0 aliphatic rings. The van der Waals surface area contributed by atoms with Crippen molar-refractivity contribution in [2.45, 2.75) is 13.5 Å². The van der Waals surface area contributed by atoms with Gasteiger partial charge in [-0.05, 0) is 35.0 Å². The third kappa shape index (κ3) is 3.16. The van der Waals surface area contributed by atoms with E-state index >= 15 is 0 Å². The first-order chi connectivity index (χ1) is 11.1. The minimum absolute atomic E-state index is 0.209. The molecule has 3 rings (SSSR count). The molecule has 120 valence electrons. The summed E-state index contributed by atoms with van der Waals surface area (Å²) in [5, 5.41) is 2.89. The van der Waals surface area contributed by atoms with Gasteiger partial charge in [-0.1, -0.05) is 0 Å². The van der Waals surface area contributed by atoms with E-state index in [9.17, 15) is 4.79 Å². The second kappa shape index (κ2) is 6.55.